The van der Waals surface area contributed by atoms with Crippen LogP contribution in [0.4, 0.5) is 0 Å². The van der Waals surface area contributed by atoms with Gasteiger partial charge in [-0.05, 0) is 54.5 Å². The molecule has 0 saturated heterocycles. The molecule has 1 saturated carbocycles. The summed E-state index contributed by atoms with van der Waals surface area (Å²) in [6.07, 6.45) is 9.41. The van der Waals surface area contributed by atoms with Crippen LogP contribution in [-0.4, -0.2) is 21.8 Å². The van der Waals surface area contributed by atoms with Gasteiger partial charge in [-0.25, -0.2) is 4.79 Å². The van der Waals surface area contributed by atoms with Crippen LogP contribution in [0, 0.1) is 5.92 Å². The number of carboxylic acids is 1. The number of allylic oxidation sites excluding steroid dienone is 1. The van der Waals surface area contributed by atoms with Crippen LogP contribution in [0.3, 0.4) is 0 Å². The van der Waals surface area contributed by atoms with Gasteiger partial charge in [0.05, 0.1) is 22.7 Å². The van der Waals surface area contributed by atoms with Crippen LogP contribution < -0.4 is 5.43 Å². The van der Waals surface area contributed by atoms with Gasteiger partial charge in [-0.1, -0.05) is 50.5 Å². The summed E-state index contributed by atoms with van der Waals surface area (Å²) in [6.45, 7) is 2.17. The molecule has 2 aliphatic rings. The standard InChI is InChI=1S/C24H27N3O2/c1-2-16-9-11-17(12-10-16)22-19-7-5-3-4-6-8-20(19)23(27-26-22)21-14-13-18(15-25-21)24(28)29/h9-15,20,26H,2-8H2,1H3,(H,28,29). The van der Waals surface area contributed by atoms with E-state index in [0.29, 0.717) is 0 Å². The Bertz CT molecular complexity index is 943. The van der Waals surface area contributed by atoms with Gasteiger partial charge in [0.1, 0.15) is 0 Å². The zero-order chi connectivity index (χ0) is 20.2. The fourth-order valence-corrected chi connectivity index (χ4v) is 4.30. The van der Waals surface area contributed by atoms with Crippen LogP contribution in [-0.2, 0) is 6.42 Å². The third-order valence-electron chi connectivity index (χ3n) is 5.97. The minimum Gasteiger partial charge on any atom is -0.478 e. The molecule has 4 rings (SSSR count). The van der Waals surface area contributed by atoms with E-state index in [-0.39, 0.29) is 11.5 Å². The lowest BCUT2D eigenvalue weighted by Crippen LogP contribution is -2.30. The minimum absolute atomic E-state index is 0.197. The molecule has 1 aliphatic heterocycles. The number of aromatic carboxylic acids is 1. The molecule has 1 aromatic carbocycles. The van der Waals surface area contributed by atoms with Gasteiger partial charge in [0.2, 0.25) is 0 Å². The van der Waals surface area contributed by atoms with E-state index in [1.807, 2.05) is 0 Å². The van der Waals surface area contributed by atoms with Crippen molar-refractivity contribution < 1.29 is 9.90 Å². The molecule has 0 amide bonds. The van der Waals surface area contributed by atoms with Crippen molar-refractivity contribution >= 4 is 17.4 Å². The molecule has 0 bridgehead atoms. The molecule has 1 aliphatic carbocycles. The van der Waals surface area contributed by atoms with Crippen LogP contribution >= 0.6 is 0 Å². The first kappa shape index (κ1) is 19.4. The predicted molar refractivity (Wildman–Crippen MR) is 115 cm³/mol. The first-order chi connectivity index (χ1) is 14.2. The molecule has 2 aromatic rings. The largest absolute Gasteiger partial charge is 0.478 e. The van der Waals surface area contributed by atoms with Crippen LogP contribution in [0.25, 0.3) is 5.70 Å². The quantitative estimate of drug-likeness (QED) is 0.769. The first-order valence-electron chi connectivity index (χ1n) is 10.5. The third-order valence-corrected chi connectivity index (χ3v) is 5.97. The summed E-state index contributed by atoms with van der Waals surface area (Å²) in [5.41, 5.74) is 10.2. The molecule has 5 heteroatoms. The molecule has 0 radical (unpaired) electrons. The Labute approximate surface area is 171 Å². The molecule has 29 heavy (non-hydrogen) atoms. The number of nitrogens with one attached hydrogen (secondary N) is 1. The maximum absolute atomic E-state index is 11.2. The summed E-state index contributed by atoms with van der Waals surface area (Å²) in [5.74, 6) is -0.738. The monoisotopic (exact) mass is 389 g/mol. The van der Waals surface area contributed by atoms with Crippen molar-refractivity contribution in [1.82, 2.24) is 10.4 Å². The second-order valence-electron chi connectivity index (χ2n) is 7.80. The third kappa shape index (κ3) is 4.09. The Kier molecular flexibility index (Phi) is 5.74. The van der Waals surface area contributed by atoms with Gasteiger partial charge in [0.25, 0.3) is 0 Å². The van der Waals surface area contributed by atoms with Gasteiger partial charge in [-0.2, -0.15) is 5.10 Å². The lowest BCUT2D eigenvalue weighted by atomic mass is 9.79. The maximum Gasteiger partial charge on any atom is 0.337 e. The van der Waals surface area contributed by atoms with Crippen molar-refractivity contribution in [2.24, 2.45) is 11.0 Å². The van der Waals surface area contributed by atoms with Crippen molar-refractivity contribution in [1.29, 1.82) is 0 Å². The number of hydrazone groups is 1. The average molecular weight is 389 g/mol. The Balaban J connectivity index is 1.71. The lowest BCUT2D eigenvalue weighted by Gasteiger charge is -2.31. The Morgan fingerprint density at radius 2 is 1.90 bits per heavy atom. The van der Waals surface area contributed by atoms with Crippen LogP contribution in [0.2, 0.25) is 0 Å². The minimum atomic E-state index is -0.961. The van der Waals surface area contributed by atoms with Gasteiger partial charge >= 0.3 is 5.97 Å². The molecule has 2 heterocycles. The molecule has 1 aromatic heterocycles. The van der Waals surface area contributed by atoms with Crippen molar-refractivity contribution in [3.05, 3.63) is 70.6 Å². The molecule has 150 valence electrons. The van der Waals surface area contributed by atoms with E-state index in [1.165, 1.54) is 48.6 Å². The Hall–Kier alpha value is -2.95. The highest BCUT2D eigenvalue weighted by atomic mass is 16.4. The summed E-state index contributed by atoms with van der Waals surface area (Å²) >= 11 is 0. The number of carbonyl (C=O) groups is 1. The molecule has 5 nitrogen and oxygen atoms in total. The van der Waals surface area contributed by atoms with E-state index in [4.69, 9.17) is 10.2 Å². The molecular weight excluding hydrogens is 362 g/mol. The van der Waals surface area contributed by atoms with Gasteiger partial charge in [-0.3, -0.25) is 10.4 Å². The highest BCUT2D eigenvalue weighted by molar-refractivity contribution is 6.05. The van der Waals surface area contributed by atoms with Crippen LogP contribution in [0.15, 0.2) is 53.3 Å². The van der Waals surface area contributed by atoms with Crippen LogP contribution in [0.5, 0.6) is 0 Å². The van der Waals surface area contributed by atoms with E-state index < -0.39 is 5.97 Å². The normalized spacial score (nSPS) is 19.5. The fourth-order valence-electron chi connectivity index (χ4n) is 4.30. The second-order valence-corrected chi connectivity index (χ2v) is 7.80. The summed E-state index contributed by atoms with van der Waals surface area (Å²) < 4.78 is 0. The van der Waals surface area contributed by atoms with E-state index in [2.05, 4.69) is 41.6 Å². The zero-order valence-corrected chi connectivity index (χ0v) is 16.8. The Morgan fingerprint density at radius 3 is 2.59 bits per heavy atom. The molecule has 1 unspecified atom stereocenters. The summed E-state index contributed by atoms with van der Waals surface area (Å²) in [6, 6.07) is 12.1. The van der Waals surface area contributed by atoms with Crippen molar-refractivity contribution in [2.45, 2.75) is 51.9 Å². The fraction of sp³-hybridized carbons (Fsp3) is 0.375. The number of aryl methyl sites for hydroxylation is 1. The average Bonchev–Trinajstić information content (AvgIpc) is 2.73. The highest BCUT2D eigenvalue weighted by Crippen LogP contribution is 2.37. The molecular formula is C24H27N3O2. The van der Waals surface area contributed by atoms with Crippen molar-refractivity contribution in [3.63, 3.8) is 0 Å². The topological polar surface area (TPSA) is 74.6 Å². The predicted octanol–water partition coefficient (Wildman–Crippen LogP) is 5.03. The van der Waals surface area contributed by atoms with Gasteiger partial charge < -0.3 is 5.11 Å². The van der Waals surface area contributed by atoms with Gasteiger partial charge in [0, 0.05) is 12.1 Å². The number of hydrogen-bond donors (Lipinski definition) is 2. The van der Waals surface area contributed by atoms with E-state index in [9.17, 15) is 4.79 Å². The molecule has 0 spiro atoms. The van der Waals surface area contributed by atoms with Gasteiger partial charge in [0.15, 0.2) is 0 Å². The maximum atomic E-state index is 11.2. The molecule has 1 atom stereocenters. The van der Waals surface area contributed by atoms with E-state index in [1.54, 1.807) is 12.1 Å². The Morgan fingerprint density at radius 1 is 1.10 bits per heavy atom. The SMILES string of the molecule is CCc1ccc(C2=C3CCCCCCC3C(c3ccc(C(=O)O)cn3)=NN2)cc1. The zero-order valence-electron chi connectivity index (χ0n) is 16.8. The number of hydrogen-bond acceptors (Lipinski definition) is 4. The number of aromatic nitrogens is 1. The first-order valence-corrected chi connectivity index (χ1v) is 10.5. The number of rotatable bonds is 4. The molecule has 2 N–H and O–H groups in total. The number of carboxylic acid groups (broad SMARTS) is 1. The highest BCUT2D eigenvalue weighted by Gasteiger charge is 2.30. The summed E-state index contributed by atoms with van der Waals surface area (Å²) in [5, 5.41) is 13.9. The summed E-state index contributed by atoms with van der Waals surface area (Å²) in [7, 11) is 0. The van der Waals surface area contributed by atoms with Crippen molar-refractivity contribution in [2.75, 3.05) is 0 Å². The smallest absolute Gasteiger partial charge is 0.337 e. The van der Waals surface area contributed by atoms with E-state index >= 15 is 0 Å². The second kappa shape index (κ2) is 8.60. The number of fused-ring (bicyclic) bond motifs is 1. The lowest BCUT2D eigenvalue weighted by molar-refractivity contribution is 0.0696. The van der Waals surface area contributed by atoms with Crippen molar-refractivity contribution in [3.8, 4) is 0 Å². The van der Waals surface area contributed by atoms with Crippen LogP contribution in [0.1, 0.15) is 72.6 Å². The number of nitrogens with zero attached hydrogens (tertiary/aromatic N) is 2. The van der Waals surface area contributed by atoms with Gasteiger partial charge in [-0.15, -0.1) is 0 Å². The summed E-state index contributed by atoms with van der Waals surface area (Å²) in [4.78, 5) is 15.6. The molecule has 1 fully saturated rings. The van der Waals surface area contributed by atoms with E-state index in [0.717, 1.165) is 36.4 Å². The number of benzene rings is 1. The number of pyridine rings is 1.